The molecule has 0 spiro atoms. The average molecular weight is 443 g/mol. The number of H-pyrrole nitrogens is 1. The fourth-order valence-corrected chi connectivity index (χ4v) is 3.20. The molecule has 0 aliphatic heterocycles. The lowest BCUT2D eigenvalue weighted by atomic mass is 10.00. The van der Waals surface area contributed by atoms with Crippen LogP contribution in [-0.2, 0) is 20.7 Å². The van der Waals surface area contributed by atoms with Gasteiger partial charge in [0.1, 0.15) is 6.04 Å². The number of aromatic nitrogens is 4. The molecule has 3 N–H and O–H groups in total. The van der Waals surface area contributed by atoms with Crippen molar-refractivity contribution in [2.24, 2.45) is 0 Å². The average Bonchev–Trinajstić information content (AvgIpc) is 3.27. The molecule has 0 fully saturated rings. The molecule has 2 aromatic carbocycles. The van der Waals surface area contributed by atoms with E-state index < -0.39 is 24.0 Å². The highest BCUT2D eigenvalue weighted by Crippen LogP contribution is 2.23. The van der Waals surface area contributed by atoms with Gasteiger partial charge < -0.3 is 4.74 Å². The van der Waals surface area contributed by atoms with Crippen LogP contribution in [0.5, 0.6) is 0 Å². The predicted molar refractivity (Wildman–Crippen MR) is 116 cm³/mol. The Morgan fingerprint density at radius 1 is 1.16 bits per heavy atom. The fraction of sp³-hybridized carbons (Fsp3) is 0.286. The monoisotopic (exact) mass is 442 g/mol. The van der Waals surface area contributed by atoms with Crippen molar-refractivity contribution in [3.63, 3.8) is 0 Å². The molecular formula is C21H23ClN6O3. The number of nitrogens with zero attached hydrogens (tertiary/aromatic N) is 3. The van der Waals surface area contributed by atoms with Crippen LogP contribution in [0.4, 0.5) is 5.95 Å². The number of carbonyl (C=O) groups is 2. The van der Waals surface area contributed by atoms with Crippen molar-refractivity contribution in [1.29, 1.82) is 0 Å². The van der Waals surface area contributed by atoms with Crippen LogP contribution >= 0.6 is 11.6 Å². The Hall–Kier alpha value is -3.30. The molecule has 0 saturated heterocycles. The number of rotatable bonds is 9. The molecule has 0 unspecified atom stereocenters. The molecule has 0 saturated carbocycles. The first-order valence-electron chi connectivity index (χ1n) is 9.78. The molecule has 1 aromatic heterocycles. The van der Waals surface area contributed by atoms with E-state index in [1.165, 1.54) is 0 Å². The number of aromatic amines is 1. The summed E-state index contributed by atoms with van der Waals surface area (Å²) in [7, 11) is 0. The van der Waals surface area contributed by atoms with Crippen LogP contribution in [0.1, 0.15) is 19.4 Å². The summed E-state index contributed by atoms with van der Waals surface area (Å²) in [5.74, 6) is -0.774. The molecule has 2 atom stereocenters. The summed E-state index contributed by atoms with van der Waals surface area (Å²) < 4.78 is 5.03. The molecule has 0 aliphatic carbocycles. The summed E-state index contributed by atoms with van der Waals surface area (Å²) in [6.07, 6.45) is 0.337. The second-order valence-corrected chi connectivity index (χ2v) is 7.27. The standard InChI is InChI=1S/C21H23ClN6O3/c1-3-31-20(30)13(2)23-18(19(29)24-21-25-27-28-26-21)11-14-7-9-15(10-8-14)16-5-4-6-17(22)12-16/h4-10,12-13,18,23H,3,11H2,1-2H3,(H2,24,25,26,27,28,29)/t13-,18+/m0/s1. The van der Waals surface area contributed by atoms with E-state index in [-0.39, 0.29) is 12.6 Å². The number of ether oxygens (including phenoxy) is 1. The number of carbonyl (C=O) groups excluding carboxylic acids is 2. The topological polar surface area (TPSA) is 122 Å². The summed E-state index contributed by atoms with van der Waals surface area (Å²) in [4.78, 5) is 24.8. The second kappa shape index (κ2) is 10.6. The minimum Gasteiger partial charge on any atom is -0.465 e. The van der Waals surface area contributed by atoms with Crippen LogP contribution in [0.3, 0.4) is 0 Å². The van der Waals surface area contributed by atoms with Crippen molar-refractivity contribution in [2.75, 3.05) is 11.9 Å². The number of halogens is 1. The van der Waals surface area contributed by atoms with Gasteiger partial charge in [-0.15, -0.1) is 5.10 Å². The van der Waals surface area contributed by atoms with Crippen molar-refractivity contribution >= 4 is 29.4 Å². The van der Waals surface area contributed by atoms with Crippen molar-refractivity contribution in [2.45, 2.75) is 32.4 Å². The third-order valence-corrected chi connectivity index (χ3v) is 4.77. The minimum absolute atomic E-state index is 0.0527. The molecule has 3 rings (SSSR count). The number of benzene rings is 2. The van der Waals surface area contributed by atoms with E-state index in [1.54, 1.807) is 13.8 Å². The highest BCUT2D eigenvalue weighted by molar-refractivity contribution is 6.30. The molecule has 9 nitrogen and oxygen atoms in total. The maximum atomic E-state index is 12.8. The van der Waals surface area contributed by atoms with Crippen LogP contribution < -0.4 is 10.6 Å². The summed E-state index contributed by atoms with van der Waals surface area (Å²) in [5, 5.41) is 19.4. The quantitative estimate of drug-likeness (QED) is 0.435. The van der Waals surface area contributed by atoms with Gasteiger partial charge in [0.05, 0.1) is 12.6 Å². The van der Waals surface area contributed by atoms with Gasteiger partial charge in [0.25, 0.3) is 5.95 Å². The van der Waals surface area contributed by atoms with Gasteiger partial charge in [-0.3, -0.25) is 20.2 Å². The SMILES string of the molecule is CCOC(=O)[C@H](C)N[C@H](Cc1ccc(-c2cccc(Cl)c2)cc1)C(=O)Nc1nn[nH]n1. The van der Waals surface area contributed by atoms with Crippen LogP contribution in [-0.4, -0.2) is 51.2 Å². The molecular weight excluding hydrogens is 420 g/mol. The van der Waals surface area contributed by atoms with Crippen LogP contribution in [0.25, 0.3) is 11.1 Å². The normalized spacial score (nSPS) is 12.7. The first-order chi connectivity index (χ1) is 15.0. The maximum Gasteiger partial charge on any atom is 0.322 e. The van der Waals surface area contributed by atoms with Crippen molar-refractivity contribution in [3.05, 3.63) is 59.1 Å². The Morgan fingerprint density at radius 2 is 1.94 bits per heavy atom. The second-order valence-electron chi connectivity index (χ2n) is 6.83. The molecule has 10 heteroatoms. The first kappa shape index (κ1) is 22.4. The Kier molecular flexibility index (Phi) is 7.69. The third kappa shape index (κ3) is 6.34. The maximum absolute atomic E-state index is 12.8. The van der Waals surface area contributed by atoms with Crippen LogP contribution in [0.2, 0.25) is 5.02 Å². The Morgan fingerprint density at radius 3 is 2.58 bits per heavy atom. The lowest BCUT2D eigenvalue weighted by molar-refractivity contribution is -0.145. The van der Waals surface area contributed by atoms with Gasteiger partial charge in [0.2, 0.25) is 5.91 Å². The summed E-state index contributed by atoms with van der Waals surface area (Å²) in [6.45, 7) is 3.64. The van der Waals surface area contributed by atoms with E-state index in [0.29, 0.717) is 11.4 Å². The smallest absolute Gasteiger partial charge is 0.322 e. The molecule has 0 aliphatic rings. The summed E-state index contributed by atoms with van der Waals surface area (Å²) in [5.41, 5.74) is 2.91. The van der Waals surface area contributed by atoms with Crippen LogP contribution in [0.15, 0.2) is 48.5 Å². The number of anilines is 1. The number of amides is 1. The fourth-order valence-electron chi connectivity index (χ4n) is 3.01. The van der Waals surface area contributed by atoms with Crippen molar-refractivity contribution in [1.82, 2.24) is 25.9 Å². The number of hydrogen-bond acceptors (Lipinski definition) is 7. The van der Waals surface area contributed by atoms with Gasteiger partial charge in [-0.25, -0.2) is 0 Å². The van der Waals surface area contributed by atoms with Gasteiger partial charge in [0, 0.05) is 5.02 Å². The summed E-state index contributed by atoms with van der Waals surface area (Å²) >= 11 is 6.08. The zero-order valence-electron chi connectivity index (χ0n) is 17.1. The highest BCUT2D eigenvalue weighted by atomic mass is 35.5. The lowest BCUT2D eigenvalue weighted by Gasteiger charge is -2.21. The van der Waals surface area contributed by atoms with E-state index >= 15 is 0 Å². The molecule has 3 aromatic rings. The molecule has 1 amide bonds. The van der Waals surface area contributed by atoms with E-state index in [0.717, 1.165) is 16.7 Å². The van der Waals surface area contributed by atoms with Crippen molar-refractivity contribution < 1.29 is 14.3 Å². The number of hydrogen-bond donors (Lipinski definition) is 3. The number of tetrazole rings is 1. The predicted octanol–water partition coefficient (Wildman–Crippen LogP) is 2.61. The molecule has 31 heavy (non-hydrogen) atoms. The third-order valence-electron chi connectivity index (χ3n) is 4.54. The Balaban J connectivity index is 1.75. The van der Waals surface area contributed by atoms with Gasteiger partial charge in [-0.2, -0.15) is 5.21 Å². The number of nitrogens with one attached hydrogen (secondary N) is 3. The largest absolute Gasteiger partial charge is 0.465 e. The Labute approximate surface area is 184 Å². The highest BCUT2D eigenvalue weighted by Gasteiger charge is 2.25. The molecule has 162 valence electrons. The number of esters is 1. The van der Waals surface area contributed by atoms with Gasteiger partial charge in [-0.05, 0) is 54.3 Å². The molecule has 1 heterocycles. The Bertz CT molecular complexity index is 1010. The van der Waals surface area contributed by atoms with Crippen LogP contribution in [0, 0.1) is 0 Å². The lowest BCUT2D eigenvalue weighted by Crippen LogP contribution is -2.49. The van der Waals surface area contributed by atoms with E-state index in [9.17, 15) is 9.59 Å². The van der Waals surface area contributed by atoms with Crippen molar-refractivity contribution in [3.8, 4) is 11.1 Å². The van der Waals surface area contributed by atoms with Gasteiger partial charge in [-0.1, -0.05) is 53.1 Å². The van der Waals surface area contributed by atoms with Gasteiger partial charge >= 0.3 is 5.97 Å². The molecule has 0 radical (unpaired) electrons. The minimum atomic E-state index is -0.727. The van der Waals surface area contributed by atoms with E-state index in [4.69, 9.17) is 16.3 Å². The van der Waals surface area contributed by atoms with E-state index in [1.807, 2.05) is 48.5 Å². The van der Waals surface area contributed by atoms with E-state index in [2.05, 4.69) is 31.3 Å². The zero-order chi connectivity index (χ0) is 22.2. The molecule has 0 bridgehead atoms. The first-order valence-corrected chi connectivity index (χ1v) is 10.2. The van der Waals surface area contributed by atoms with Gasteiger partial charge in [0.15, 0.2) is 0 Å². The summed E-state index contributed by atoms with van der Waals surface area (Å²) in [6, 6.07) is 14.0. The zero-order valence-corrected chi connectivity index (χ0v) is 17.9.